The molecule has 0 radical (unpaired) electrons. The van der Waals surface area contributed by atoms with Crippen molar-refractivity contribution in [1.29, 1.82) is 0 Å². The highest BCUT2D eigenvalue weighted by molar-refractivity contribution is 7.26. The maximum Gasteiger partial charge on any atom is 0.0979 e. The minimum atomic E-state index is 0.878. The molecule has 0 amide bonds. The van der Waals surface area contributed by atoms with Crippen molar-refractivity contribution in [3.8, 4) is 55.9 Å². The summed E-state index contributed by atoms with van der Waals surface area (Å²) in [7, 11) is 0. The molecule has 55 heavy (non-hydrogen) atoms. The fraction of sp³-hybridized carbons (Fsp3) is 0. The highest BCUT2D eigenvalue weighted by Crippen LogP contribution is 2.42. The van der Waals surface area contributed by atoms with Crippen LogP contribution in [0, 0.1) is 0 Å². The lowest BCUT2D eigenvalue weighted by atomic mass is 9.95. The predicted octanol–water partition coefficient (Wildman–Crippen LogP) is 14.6. The van der Waals surface area contributed by atoms with Gasteiger partial charge < -0.3 is 0 Å². The Morgan fingerprint density at radius 3 is 1.40 bits per heavy atom. The number of nitrogens with zero attached hydrogens (tertiary/aromatic N) is 2. The molecule has 0 saturated heterocycles. The molecule has 0 bridgehead atoms. The molecule has 0 atom stereocenters. The van der Waals surface area contributed by atoms with E-state index in [-0.39, 0.29) is 0 Å². The molecule has 0 fully saturated rings. The Morgan fingerprint density at radius 2 is 0.745 bits per heavy atom. The quantitative estimate of drug-likeness (QED) is 0.166. The van der Waals surface area contributed by atoms with Gasteiger partial charge >= 0.3 is 0 Å². The lowest BCUT2D eigenvalue weighted by Crippen LogP contribution is -1.97. The SMILES string of the molecule is c1ccc(-c2nc3c4ccccc4c4ccccc4c3nc2-c2cccc(-c3ccc(-c4cccc(-c5cccc6c5sc5ccccc56)c4)cc3)c2)cc1. The van der Waals surface area contributed by atoms with Crippen molar-refractivity contribution in [1.82, 2.24) is 9.97 Å². The van der Waals surface area contributed by atoms with Gasteiger partial charge in [0.1, 0.15) is 0 Å². The largest absolute Gasteiger partial charge is 0.243 e. The molecule has 11 aromatic rings. The molecule has 256 valence electrons. The topological polar surface area (TPSA) is 25.8 Å². The maximum atomic E-state index is 5.49. The Labute approximate surface area is 322 Å². The van der Waals surface area contributed by atoms with Crippen molar-refractivity contribution in [2.24, 2.45) is 0 Å². The molecule has 2 nitrogen and oxygen atoms in total. The Bertz CT molecular complexity index is 3250. The molecule has 3 heteroatoms. The lowest BCUT2D eigenvalue weighted by Gasteiger charge is -2.15. The van der Waals surface area contributed by atoms with Crippen LogP contribution in [0.1, 0.15) is 0 Å². The smallest absolute Gasteiger partial charge is 0.0979 e. The molecular formula is C52H32N2S. The zero-order valence-electron chi connectivity index (χ0n) is 29.8. The standard InChI is InChI=1S/C52H32N2S/c1-2-13-35(14-3-1)48-49(54-51-45-23-7-5-20-42(45)41-19-4-6-22-44(41)50(51)53-48)39-18-11-16-37(32-39)34-29-27-33(28-30-34)36-15-10-17-38(31-36)40-24-12-25-46-43-21-8-9-26-47(43)55-52(40)46/h1-32H. The molecular weight excluding hydrogens is 685 g/mol. The normalized spacial score (nSPS) is 11.6. The molecule has 0 saturated carbocycles. The van der Waals surface area contributed by atoms with Gasteiger partial charge in [-0.15, -0.1) is 11.3 Å². The minimum absolute atomic E-state index is 0.878. The number of thiophene rings is 1. The molecule has 0 spiro atoms. The second-order valence-corrected chi connectivity index (χ2v) is 15.1. The summed E-state index contributed by atoms with van der Waals surface area (Å²) >= 11 is 1.88. The molecule has 2 aromatic heterocycles. The van der Waals surface area contributed by atoms with Gasteiger partial charge in [0, 0.05) is 42.1 Å². The molecule has 9 aromatic carbocycles. The first-order valence-electron chi connectivity index (χ1n) is 18.7. The first kappa shape index (κ1) is 31.6. The number of aromatic nitrogens is 2. The molecule has 0 unspecified atom stereocenters. The molecule has 0 aliphatic carbocycles. The van der Waals surface area contributed by atoms with Crippen LogP contribution >= 0.6 is 11.3 Å². The van der Waals surface area contributed by atoms with Gasteiger partial charge in [-0.1, -0.05) is 176 Å². The Balaban J connectivity index is 0.997. The second-order valence-electron chi connectivity index (χ2n) is 14.1. The summed E-state index contributed by atoms with van der Waals surface area (Å²) in [5.74, 6) is 0. The predicted molar refractivity (Wildman–Crippen MR) is 235 cm³/mol. The number of hydrogen-bond acceptors (Lipinski definition) is 3. The van der Waals surface area contributed by atoms with Gasteiger partial charge in [-0.05, 0) is 62.4 Å². The fourth-order valence-corrected chi connectivity index (χ4v) is 9.44. The summed E-state index contributed by atoms with van der Waals surface area (Å²) in [6.45, 7) is 0. The van der Waals surface area contributed by atoms with Gasteiger partial charge in [-0.25, -0.2) is 9.97 Å². The number of rotatable bonds is 5. The van der Waals surface area contributed by atoms with Crippen LogP contribution in [0.15, 0.2) is 194 Å². The fourth-order valence-electron chi connectivity index (χ4n) is 8.20. The van der Waals surface area contributed by atoms with E-state index in [1.807, 2.05) is 17.4 Å². The van der Waals surface area contributed by atoms with Crippen LogP contribution in [0.5, 0.6) is 0 Å². The zero-order valence-corrected chi connectivity index (χ0v) is 30.6. The van der Waals surface area contributed by atoms with Crippen LogP contribution in [0.2, 0.25) is 0 Å². The van der Waals surface area contributed by atoms with Crippen molar-refractivity contribution < 1.29 is 0 Å². The first-order chi connectivity index (χ1) is 27.3. The summed E-state index contributed by atoms with van der Waals surface area (Å²) in [5.41, 5.74) is 12.9. The Hall–Kier alpha value is -6.94. The average Bonchev–Trinajstić information content (AvgIpc) is 3.66. The van der Waals surface area contributed by atoms with Crippen molar-refractivity contribution in [2.75, 3.05) is 0 Å². The molecule has 0 aliphatic heterocycles. The Morgan fingerprint density at radius 1 is 0.291 bits per heavy atom. The van der Waals surface area contributed by atoms with E-state index in [1.165, 1.54) is 53.2 Å². The van der Waals surface area contributed by atoms with E-state index < -0.39 is 0 Å². The van der Waals surface area contributed by atoms with Crippen LogP contribution in [-0.2, 0) is 0 Å². The van der Waals surface area contributed by atoms with Crippen LogP contribution in [0.25, 0.3) is 109 Å². The highest BCUT2D eigenvalue weighted by Gasteiger charge is 2.18. The monoisotopic (exact) mass is 716 g/mol. The van der Waals surface area contributed by atoms with Crippen LogP contribution in [0.3, 0.4) is 0 Å². The summed E-state index contributed by atoms with van der Waals surface area (Å²) in [5, 5.41) is 7.26. The van der Waals surface area contributed by atoms with Crippen LogP contribution in [0.4, 0.5) is 0 Å². The van der Waals surface area contributed by atoms with Crippen LogP contribution < -0.4 is 0 Å². The van der Waals surface area contributed by atoms with Gasteiger partial charge in [0.05, 0.1) is 22.4 Å². The lowest BCUT2D eigenvalue weighted by molar-refractivity contribution is 1.31. The number of fused-ring (bicyclic) bond motifs is 9. The van der Waals surface area contributed by atoms with Crippen molar-refractivity contribution in [2.45, 2.75) is 0 Å². The maximum absolute atomic E-state index is 5.49. The Kier molecular flexibility index (Phi) is 7.39. The van der Waals surface area contributed by atoms with E-state index in [0.717, 1.165) is 55.4 Å². The number of benzene rings is 9. The third kappa shape index (κ3) is 5.32. The molecule has 11 rings (SSSR count). The van der Waals surface area contributed by atoms with Crippen molar-refractivity contribution in [3.05, 3.63) is 194 Å². The van der Waals surface area contributed by atoms with Crippen LogP contribution in [-0.4, -0.2) is 9.97 Å². The van der Waals surface area contributed by atoms with Gasteiger partial charge in [0.15, 0.2) is 0 Å². The molecule has 0 N–H and O–H groups in total. The van der Waals surface area contributed by atoms with Gasteiger partial charge in [-0.3, -0.25) is 0 Å². The molecule has 0 aliphatic rings. The molecule has 2 heterocycles. The van der Waals surface area contributed by atoms with E-state index in [4.69, 9.17) is 9.97 Å². The summed E-state index contributed by atoms with van der Waals surface area (Å²) in [6.07, 6.45) is 0. The van der Waals surface area contributed by atoms with E-state index in [9.17, 15) is 0 Å². The second kappa shape index (κ2) is 12.9. The zero-order chi connectivity index (χ0) is 36.3. The summed E-state index contributed by atoms with van der Waals surface area (Å²) in [6, 6.07) is 69.5. The summed E-state index contributed by atoms with van der Waals surface area (Å²) in [4.78, 5) is 10.9. The van der Waals surface area contributed by atoms with Gasteiger partial charge in [0.2, 0.25) is 0 Å². The highest BCUT2D eigenvalue weighted by atomic mass is 32.1. The van der Waals surface area contributed by atoms with Gasteiger partial charge in [-0.2, -0.15) is 0 Å². The first-order valence-corrected chi connectivity index (χ1v) is 19.5. The minimum Gasteiger partial charge on any atom is -0.243 e. The third-order valence-electron chi connectivity index (χ3n) is 10.9. The third-order valence-corrected chi connectivity index (χ3v) is 12.1. The summed E-state index contributed by atoms with van der Waals surface area (Å²) < 4.78 is 2.66. The number of hydrogen-bond donors (Lipinski definition) is 0. The van der Waals surface area contributed by atoms with E-state index >= 15 is 0 Å². The van der Waals surface area contributed by atoms with Gasteiger partial charge in [0.25, 0.3) is 0 Å². The van der Waals surface area contributed by atoms with E-state index in [1.54, 1.807) is 0 Å². The van der Waals surface area contributed by atoms with Crippen molar-refractivity contribution >= 4 is 64.1 Å². The van der Waals surface area contributed by atoms with Crippen molar-refractivity contribution in [3.63, 3.8) is 0 Å². The van der Waals surface area contributed by atoms with E-state index in [2.05, 4.69) is 188 Å². The average molecular weight is 717 g/mol. The van der Waals surface area contributed by atoms with E-state index in [0.29, 0.717) is 0 Å².